The highest BCUT2D eigenvalue weighted by molar-refractivity contribution is 5.53. The van der Waals surface area contributed by atoms with Crippen LogP contribution in [0.25, 0.3) is 0 Å². The molecule has 6 saturated heterocycles. The molecular weight excluding hydrogens is 1510 g/mol. The van der Waals surface area contributed by atoms with Crippen LogP contribution < -0.4 is 62.1 Å². The molecule has 6 fully saturated rings. The molecule has 3 aromatic heterocycles. The van der Waals surface area contributed by atoms with Crippen molar-refractivity contribution in [3.05, 3.63) is 0 Å². The molecule has 9 rings (SSSR count). The third kappa shape index (κ3) is 30.9. The Morgan fingerprint density at radius 2 is 0.521 bits per heavy atom. The van der Waals surface area contributed by atoms with Gasteiger partial charge in [0.15, 0.2) is 0 Å². The van der Waals surface area contributed by atoms with E-state index in [2.05, 4.69) is 249 Å². The maximum absolute atomic E-state index is 6.82. The summed E-state index contributed by atoms with van der Waals surface area (Å²) in [6.07, 6.45) is 36.7. The fourth-order valence-electron chi connectivity index (χ4n) is 24.2. The van der Waals surface area contributed by atoms with Gasteiger partial charge in [-0.25, -0.2) is 0 Å². The second-order valence-electron chi connectivity index (χ2n) is 46.2. The first-order valence-electron chi connectivity index (χ1n) is 49.0. The van der Waals surface area contributed by atoms with Crippen LogP contribution in [0.1, 0.15) is 399 Å². The first-order chi connectivity index (χ1) is 56.6. The fourth-order valence-corrected chi connectivity index (χ4v) is 24.2. The molecule has 0 aromatic carbocycles. The molecule has 0 unspecified atom stereocenters. The van der Waals surface area contributed by atoms with Crippen molar-refractivity contribution in [3.8, 4) is 0 Å². The monoisotopic (exact) mass is 1690 g/mol. The molecule has 0 amide bonds. The number of anilines is 9. The average molecular weight is 1690 g/mol. The molecular formula is C97H181N21O3. The predicted octanol–water partition coefficient (Wildman–Crippen LogP) is 21.1. The van der Waals surface area contributed by atoms with Crippen LogP contribution in [0.15, 0.2) is 0 Å². The number of hydrogen-bond donors (Lipinski definition) is 8. The lowest BCUT2D eigenvalue weighted by Gasteiger charge is -2.55. The van der Waals surface area contributed by atoms with E-state index < -0.39 is 0 Å². The summed E-state index contributed by atoms with van der Waals surface area (Å²) in [4.78, 5) is 58.6. The molecule has 692 valence electrons. The number of piperidine rings is 6. The van der Waals surface area contributed by atoms with Gasteiger partial charge in [-0.05, 0) is 299 Å². The summed E-state index contributed by atoms with van der Waals surface area (Å²) in [5, 5.41) is 30.7. The van der Waals surface area contributed by atoms with Gasteiger partial charge in [-0.2, -0.15) is 44.9 Å². The highest BCUT2D eigenvalue weighted by atomic mass is 16.5. The predicted molar refractivity (Wildman–Crippen MR) is 509 cm³/mol. The third-order valence-corrected chi connectivity index (χ3v) is 26.9. The molecule has 0 radical (unpaired) electrons. The number of ether oxygens (including phenoxy) is 3. The summed E-state index contributed by atoms with van der Waals surface area (Å²) in [7, 11) is 0. The van der Waals surface area contributed by atoms with Gasteiger partial charge in [0, 0.05) is 132 Å². The smallest absolute Gasteiger partial charge is 0.232 e. The number of hydrogen-bond acceptors (Lipinski definition) is 24. The Kier molecular flexibility index (Phi) is 35.2. The Morgan fingerprint density at radius 3 is 0.777 bits per heavy atom. The highest BCUT2D eigenvalue weighted by Gasteiger charge is 2.51. The minimum Gasteiger partial charge on any atom is -0.378 e. The number of nitrogens with zero attached hydrogens (tertiary/aromatic N) is 13. The summed E-state index contributed by atoms with van der Waals surface area (Å²) in [5.41, 5.74) is -1.40. The molecule has 6 aliphatic rings. The van der Waals surface area contributed by atoms with Gasteiger partial charge in [0.05, 0.1) is 18.3 Å². The quantitative estimate of drug-likeness (QED) is 0.0245. The standard InChI is InChI=1S/C97H181N21O3/c1-28-31-34-43-56-119-74-65-92(16,17)116(93(18,19)66-74)83-106-77(98-49-40-37-46-71-59-86(4,5)112-87(6,7)60-71)103-79(108-83)101-52-54-115(82-105-81(100-51-42-39-48-73-63-90(12,13)114-91(14,15)64-73)110-85(111-82)118-96(24,25)69-76(70-97(118,26)27)121-58-45-36-33-30-3)55-53-102-80-104-78(99-50-41-38-47-72-61-88(8,9)113-89(10,11)62-72)107-84(109-80)117-94(20,21)67-75(68-95(117,22)23)120-57-44-35-32-29-2/h71-76,112-114H,28-70H2,1-27H3,(H,100,105,110,111)(H2,98,101,103,106,108)(H2,99,102,104,107,109). The van der Waals surface area contributed by atoms with Crippen molar-refractivity contribution in [2.45, 2.75) is 484 Å². The molecule has 8 N–H and O–H groups in total. The Morgan fingerprint density at radius 1 is 0.281 bits per heavy atom. The minimum absolute atomic E-state index is 0.103. The van der Waals surface area contributed by atoms with Crippen LogP contribution in [0.4, 0.5) is 53.5 Å². The van der Waals surface area contributed by atoms with Gasteiger partial charge >= 0.3 is 0 Å². The highest BCUT2D eigenvalue weighted by Crippen LogP contribution is 2.47. The summed E-state index contributed by atoms with van der Waals surface area (Å²) in [6, 6.07) is 0. The zero-order valence-electron chi connectivity index (χ0n) is 82.4. The van der Waals surface area contributed by atoms with Crippen LogP contribution in [0, 0.1) is 17.8 Å². The maximum Gasteiger partial charge on any atom is 0.232 e. The molecule has 0 spiro atoms. The van der Waals surface area contributed by atoms with Crippen LogP contribution >= 0.6 is 0 Å². The van der Waals surface area contributed by atoms with Gasteiger partial charge in [-0.3, -0.25) is 0 Å². The van der Waals surface area contributed by atoms with Gasteiger partial charge < -0.3 is 76.3 Å². The van der Waals surface area contributed by atoms with E-state index in [1.807, 2.05) is 0 Å². The summed E-state index contributed by atoms with van der Waals surface area (Å²) < 4.78 is 20.3. The first-order valence-corrected chi connectivity index (χ1v) is 49.0. The van der Waals surface area contributed by atoms with Crippen LogP contribution in [0.3, 0.4) is 0 Å². The number of aromatic nitrogens is 9. The van der Waals surface area contributed by atoms with Crippen LogP contribution in [-0.2, 0) is 14.2 Å². The zero-order valence-corrected chi connectivity index (χ0v) is 82.4. The van der Waals surface area contributed by atoms with Gasteiger partial charge in [-0.15, -0.1) is 0 Å². The summed E-state index contributed by atoms with van der Waals surface area (Å²) in [6.45, 7) is 69.7. The van der Waals surface area contributed by atoms with Crippen LogP contribution in [-0.4, -0.2) is 195 Å². The molecule has 3 aromatic rings. The normalized spacial score (nSPS) is 22.5. The average Bonchev–Trinajstić information content (AvgIpc) is 0.758. The SMILES string of the molecule is CCCCCCOC1CC(C)(C)N(c2nc(NCCCCC3CC(C)(C)NC(C)(C)C3)nc(NCCN(CCNc3nc(NCCCCC4CC(C)(C)NC(C)(C)C4)nc(N4C(C)(C)CC(OCCCCCC)CC4(C)C)n3)c3nc(NCCCCC4CC(C)(C)NC(C)(C)C4)nc(N4C(C)(C)CC(OCCCCCC)CC4(C)C)n3)n2)C(C)(C)C1. The molecule has 0 saturated carbocycles. The lowest BCUT2D eigenvalue weighted by Crippen LogP contribution is -2.63. The largest absolute Gasteiger partial charge is 0.378 e. The van der Waals surface area contributed by atoms with E-state index >= 15 is 0 Å². The van der Waals surface area contributed by atoms with E-state index in [4.69, 9.17) is 59.1 Å². The second kappa shape index (κ2) is 42.7. The Hall–Kier alpha value is -5.01. The van der Waals surface area contributed by atoms with E-state index in [1.165, 1.54) is 116 Å². The lowest BCUT2D eigenvalue weighted by molar-refractivity contribution is -0.00924. The summed E-state index contributed by atoms with van der Waals surface area (Å²) >= 11 is 0. The third-order valence-electron chi connectivity index (χ3n) is 26.9. The topological polar surface area (TPSA) is 253 Å². The second-order valence-corrected chi connectivity index (χ2v) is 46.2. The van der Waals surface area contributed by atoms with Crippen LogP contribution in [0.5, 0.6) is 0 Å². The lowest BCUT2D eigenvalue weighted by atomic mass is 9.74. The van der Waals surface area contributed by atoms with Gasteiger partial charge in [0.2, 0.25) is 53.5 Å². The van der Waals surface area contributed by atoms with Gasteiger partial charge in [0.1, 0.15) is 0 Å². The zero-order chi connectivity index (χ0) is 88.5. The van der Waals surface area contributed by atoms with Crippen molar-refractivity contribution in [2.24, 2.45) is 17.8 Å². The van der Waals surface area contributed by atoms with E-state index in [9.17, 15) is 0 Å². The summed E-state index contributed by atoms with van der Waals surface area (Å²) in [5.74, 6) is 7.33. The molecule has 6 aliphatic heterocycles. The van der Waals surface area contributed by atoms with E-state index in [0.29, 0.717) is 97.5 Å². The van der Waals surface area contributed by atoms with E-state index in [-0.39, 0.29) is 84.8 Å². The minimum atomic E-state index is -0.372. The number of unbranched alkanes of at least 4 members (excludes halogenated alkanes) is 12. The van der Waals surface area contributed by atoms with Gasteiger partial charge in [-0.1, -0.05) is 117 Å². The van der Waals surface area contributed by atoms with E-state index in [0.717, 1.165) is 136 Å². The Bertz CT molecular complexity index is 3350. The Labute approximate surface area is 737 Å². The number of rotatable bonds is 48. The first kappa shape index (κ1) is 99.8. The van der Waals surface area contributed by atoms with Crippen molar-refractivity contribution < 1.29 is 14.2 Å². The van der Waals surface area contributed by atoms with Crippen LogP contribution in [0.2, 0.25) is 0 Å². The Balaban J connectivity index is 1.06. The molecule has 0 aliphatic carbocycles. The number of nitrogens with one attached hydrogen (secondary N) is 8. The van der Waals surface area contributed by atoms with Crippen molar-refractivity contribution in [1.82, 2.24) is 60.8 Å². The fraction of sp³-hybridized carbons (Fsp3) is 0.907. The van der Waals surface area contributed by atoms with E-state index in [1.54, 1.807) is 0 Å². The molecule has 24 nitrogen and oxygen atoms in total. The molecule has 9 heterocycles. The van der Waals surface area contributed by atoms with Crippen molar-refractivity contribution >= 4 is 53.5 Å². The maximum atomic E-state index is 6.82. The van der Waals surface area contributed by atoms with Crippen molar-refractivity contribution in [1.29, 1.82) is 0 Å². The molecule has 121 heavy (non-hydrogen) atoms. The van der Waals surface area contributed by atoms with Crippen molar-refractivity contribution in [3.63, 3.8) is 0 Å². The molecule has 0 atom stereocenters. The van der Waals surface area contributed by atoms with Gasteiger partial charge in [0.25, 0.3) is 0 Å². The molecule has 24 heteroatoms. The van der Waals surface area contributed by atoms with Crippen molar-refractivity contribution in [2.75, 3.05) is 112 Å². The molecule has 0 bridgehead atoms.